The van der Waals surface area contributed by atoms with Crippen LogP contribution in [0.15, 0.2) is 48.5 Å². The van der Waals surface area contributed by atoms with E-state index in [0.29, 0.717) is 0 Å². The van der Waals surface area contributed by atoms with Crippen LogP contribution in [0.5, 0.6) is 0 Å². The van der Waals surface area contributed by atoms with Crippen molar-refractivity contribution >= 4 is 27.0 Å². The average molecular weight is 731 g/mol. The molecule has 4 aromatic rings. The maximum absolute atomic E-state index is 2.44. The van der Waals surface area contributed by atoms with Crippen molar-refractivity contribution in [3.8, 4) is 0 Å². The third-order valence-electron chi connectivity index (χ3n) is 7.81. The Morgan fingerprint density at radius 2 is 0.841 bits per heavy atom. The topological polar surface area (TPSA) is 0 Å². The van der Waals surface area contributed by atoms with Crippen LogP contribution in [-0.2, 0) is 61.9 Å². The molecule has 0 unspecified atom stereocenters. The molecule has 0 heterocycles. The average Bonchev–Trinajstić information content (AvgIpc) is 3.55. The molecular weight excluding hydrogens is 671 g/mol. The Kier molecular flexibility index (Phi) is 24.1. The van der Waals surface area contributed by atoms with Gasteiger partial charge >= 0.3 is 41.9 Å². The van der Waals surface area contributed by atoms with E-state index in [4.69, 9.17) is 0 Å². The summed E-state index contributed by atoms with van der Waals surface area (Å²) in [6.07, 6.45) is 17.4. The molecule has 0 amide bonds. The van der Waals surface area contributed by atoms with E-state index in [2.05, 4.69) is 103 Å². The number of benzene rings is 2. The maximum Gasteiger partial charge on any atom is -1.00 e. The molecule has 0 saturated carbocycles. The van der Waals surface area contributed by atoms with Crippen molar-refractivity contribution in [1.82, 2.24) is 0 Å². The smallest absolute Gasteiger partial charge is 1.00 e. The predicted octanol–water partition coefficient (Wildman–Crippen LogP) is 6.40. The van der Waals surface area contributed by atoms with Crippen LogP contribution in [0.25, 0.3) is 21.5 Å². The number of fused-ring (bicyclic) bond motifs is 2. The summed E-state index contributed by atoms with van der Waals surface area (Å²) in [7, 11) is 0. The van der Waals surface area contributed by atoms with E-state index in [0.717, 1.165) is 0 Å². The SMILES string of the molecule is CCCCc1cc2c(CCC)cc(CCC)cc2[cH-]1.CCCCc1cc2c(CCC)cc(CCC)cc2[cH-]1.C[Si](C)=[Zr+2].[Cl-].[Cl-]. The Morgan fingerprint density at radius 3 is 1.14 bits per heavy atom. The van der Waals surface area contributed by atoms with Crippen LogP contribution in [0, 0.1) is 0 Å². The van der Waals surface area contributed by atoms with Crippen LogP contribution in [0.4, 0.5) is 0 Å². The zero-order valence-electron chi connectivity index (χ0n) is 29.3. The van der Waals surface area contributed by atoms with E-state index in [-0.39, 0.29) is 30.2 Å². The van der Waals surface area contributed by atoms with Crippen LogP contribution in [-0.4, -0.2) is 5.43 Å². The fraction of sp³-hybridized carbons (Fsp3) is 0.550. The van der Waals surface area contributed by atoms with Gasteiger partial charge in [-0.3, -0.25) is 0 Å². The first-order chi connectivity index (χ1) is 20.3. The van der Waals surface area contributed by atoms with Gasteiger partial charge in [-0.1, -0.05) is 127 Å². The molecule has 0 spiro atoms. The zero-order valence-corrected chi connectivity index (χ0v) is 34.2. The first-order valence-electron chi connectivity index (χ1n) is 17.2. The summed E-state index contributed by atoms with van der Waals surface area (Å²) in [6.45, 7) is 18.2. The number of unbranched alkanes of at least 4 members (excludes halogenated alkanes) is 2. The molecule has 0 atom stereocenters. The van der Waals surface area contributed by atoms with Gasteiger partial charge in [0, 0.05) is 0 Å². The minimum Gasteiger partial charge on any atom is -1.00 e. The molecule has 0 aliphatic heterocycles. The summed E-state index contributed by atoms with van der Waals surface area (Å²) in [4.78, 5) is 0. The van der Waals surface area contributed by atoms with Gasteiger partial charge in [0.1, 0.15) is 0 Å². The minimum absolute atomic E-state index is 0. The second kappa shape index (κ2) is 24.5. The van der Waals surface area contributed by atoms with Crippen LogP contribution >= 0.6 is 0 Å². The number of rotatable bonds is 14. The Bertz CT molecular complexity index is 1240. The Balaban J connectivity index is 0.000000720. The van der Waals surface area contributed by atoms with Gasteiger partial charge in [-0.2, -0.15) is 12.1 Å². The van der Waals surface area contributed by atoms with Crippen LogP contribution in [0.1, 0.15) is 126 Å². The molecule has 0 aliphatic rings. The summed E-state index contributed by atoms with van der Waals surface area (Å²) in [5, 5.41) is 5.96. The Hall–Kier alpha value is -0.660. The standard InChI is InChI=1S/2C19H27.C2H6Si.2ClH.Zr/c2*1-4-7-10-16-13-18-12-15(8-5-2)11-17(9-6-3)19(18)14-16;1-3-2;;;/h2*11-14H,4-10H2,1-3H3;1-2H3;2*1H;/q2*-1;;;;+2/p-2. The first kappa shape index (κ1) is 43.3. The van der Waals surface area contributed by atoms with E-state index < -0.39 is 0 Å². The third kappa shape index (κ3) is 14.8. The second-order valence-electron chi connectivity index (χ2n) is 12.4. The number of aryl methyl sites for hydroxylation is 6. The van der Waals surface area contributed by atoms with Gasteiger partial charge in [0.15, 0.2) is 0 Å². The largest absolute Gasteiger partial charge is 1.00 e. The van der Waals surface area contributed by atoms with Crippen molar-refractivity contribution in [3.05, 3.63) is 81.9 Å². The summed E-state index contributed by atoms with van der Waals surface area (Å²) >= 11 is 1.74. The molecule has 4 aromatic carbocycles. The third-order valence-corrected chi connectivity index (χ3v) is 7.81. The van der Waals surface area contributed by atoms with Gasteiger partial charge in [0.25, 0.3) is 0 Å². The van der Waals surface area contributed by atoms with Crippen molar-refractivity contribution in [3.63, 3.8) is 0 Å². The Morgan fingerprint density at radius 1 is 0.500 bits per heavy atom. The summed E-state index contributed by atoms with van der Waals surface area (Å²) in [5.74, 6) is 0. The van der Waals surface area contributed by atoms with E-state index in [1.807, 2.05) is 0 Å². The Labute approximate surface area is 299 Å². The van der Waals surface area contributed by atoms with E-state index >= 15 is 0 Å². The van der Waals surface area contributed by atoms with Crippen LogP contribution in [0.2, 0.25) is 13.1 Å². The fourth-order valence-corrected chi connectivity index (χ4v) is 5.93. The molecular formula is C40H60Cl2SiZr-2. The second-order valence-corrected chi connectivity index (χ2v) is 21.8. The van der Waals surface area contributed by atoms with Crippen molar-refractivity contribution in [2.45, 2.75) is 145 Å². The van der Waals surface area contributed by atoms with Gasteiger partial charge in [-0.15, -0.1) is 56.9 Å². The first-order valence-corrected chi connectivity index (χ1v) is 23.4. The number of halogens is 2. The molecule has 0 aromatic heterocycles. The van der Waals surface area contributed by atoms with Crippen LogP contribution in [0.3, 0.4) is 0 Å². The fourth-order valence-electron chi connectivity index (χ4n) is 5.93. The van der Waals surface area contributed by atoms with Crippen LogP contribution < -0.4 is 24.8 Å². The van der Waals surface area contributed by atoms with Gasteiger partial charge < -0.3 is 24.8 Å². The summed E-state index contributed by atoms with van der Waals surface area (Å²) in [6, 6.07) is 19.4. The molecule has 44 heavy (non-hydrogen) atoms. The molecule has 0 saturated heterocycles. The molecule has 0 radical (unpaired) electrons. The van der Waals surface area contributed by atoms with Crippen molar-refractivity contribution < 1.29 is 48.1 Å². The van der Waals surface area contributed by atoms with E-state index in [9.17, 15) is 0 Å². The van der Waals surface area contributed by atoms with Crippen molar-refractivity contribution in [1.29, 1.82) is 0 Å². The number of hydrogen-bond donors (Lipinski definition) is 0. The zero-order chi connectivity index (χ0) is 30.9. The van der Waals surface area contributed by atoms with E-state index in [1.54, 1.807) is 34.5 Å². The monoisotopic (exact) mass is 728 g/mol. The summed E-state index contributed by atoms with van der Waals surface area (Å²) in [5.41, 5.74) is 9.43. The molecule has 0 fully saturated rings. The summed E-state index contributed by atoms with van der Waals surface area (Å²) < 4.78 is 0. The molecule has 0 nitrogen and oxygen atoms in total. The van der Waals surface area contributed by atoms with Crippen molar-refractivity contribution in [2.24, 2.45) is 0 Å². The van der Waals surface area contributed by atoms with Crippen molar-refractivity contribution in [2.75, 3.05) is 0 Å². The number of hydrogen-bond acceptors (Lipinski definition) is 0. The molecule has 0 aliphatic carbocycles. The van der Waals surface area contributed by atoms with Gasteiger partial charge in [0.05, 0.1) is 0 Å². The molecule has 244 valence electrons. The molecule has 4 heteroatoms. The van der Waals surface area contributed by atoms with E-state index in [1.165, 1.54) is 134 Å². The molecule has 4 rings (SSSR count). The quantitative estimate of drug-likeness (QED) is 0.104. The van der Waals surface area contributed by atoms with Gasteiger partial charge in [0.2, 0.25) is 0 Å². The van der Waals surface area contributed by atoms with Gasteiger partial charge in [-0.25, -0.2) is 0 Å². The molecule has 0 N–H and O–H groups in total. The molecule has 0 bridgehead atoms. The maximum atomic E-state index is 2.44. The minimum atomic E-state index is 0. The predicted molar refractivity (Wildman–Crippen MR) is 190 cm³/mol. The van der Waals surface area contributed by atoms with Gasteiger partial charge in [-0.05, 0) is 38.5 Å². The normalized spacial score (nSPS) is 10.4.